The molecule has 2 N–H and O–H groups in total. The minimum atomic E-state index is -0.421. The molecule has 0 spiro atoms. The Bertz CT molecular complexity index is 433. The van der Waals surface area contributed by atoms with E-state index in [-0.39, 0.29) is 6.09 Å². The van der Waals surface area contributed by atoms with Crippen LogP contribution < -0.4 is 5.32 Å². The molecule has 0 aliphatic heterocycles. The first-order valence-corrected chi connectivity index (χ1v) is 7.78. The highest BCUT2D eigenvalue weighted by atomic mass is 16.6. The summed E-state index contributed by atoms with van der Waals surface area (Å²) in [7, 11) is 0. The Balaban J connectivity index is 1.67. The second-order valence-corrected chi connectivity index (χ2v) is 6.63. The molecule has 0 unspecified atom stereocenters. The van der Waals surface area contributed by atoms with Crippen molar-refractivity contribution in [2.45, 2.75) is 58.2 Å². The zero-order valence-electron chi connectivity index (χ0n) is 13.3. The summed E-state index contributed by atoms with van der Waals surface area (Å²) < 4.78 is 5.48. The predicted molar refractivity (Wildman–Crippen MR) is 83.1 cm³/mol. The van der Waals surface area contributed by atoms with Gasteiger partial charge in [0, 0.05) is 31.0 Å². The molecule has 0 bridgehead atoms. The lowest BCUT2D eigenvalue weighted by Crippen LogP contribution is -2.39. The van der Waals surface area contributed by atoms with Crippen LogP contribution in [-0.2, 0) is 11.3 Å². The van der Waals surface area contributed by atoms with Crippen LogP contribution in [0.15, 0.2) is 18.3 Å². The van der Waals surface area contributed by atoms with Crippen molar-refractivity contribution in [3.63, 3.8) is 0 Å². The van der Waals surface area contributed by atoms with Crippen LogP contribution in [0.25, 0.3) is 0 Å². The van der Waals surface area contributed by atoms with Crippen molar-refractivity contribution in [3.05, 3.63) is 24.0 Å². The third-order valence-electron chi connectivity index (χ3n) is 3.35. The molecule has 1 fully saturated rings. The molecule has 118 valence electrons. The molecule has 1 aliphatic rings. The van der Waals surface area contributed by atoms with E-state index in [2.05, 4.69) is 16.4 Å². The Morgan fingerprint density at radius 1 is 1.48 bits per heavy atom. The molecule has 0 aromatic carbocycles. The molecule has 1 aromatic heterocycles. The number of carbonyl (C=O) groups excluding carboxylic acids is 1. The van der Waals surface area contributed by atoms with Gasteiger partial charge < -0.3 is 19.9 Å². The lowest BCUT2D eigenvalue weighted by molar-refractivity contribution is 0.0232. The van der Waals surface area contributed by atoms with Gasteiger partial charge in [0.2, 0.25) is 0 Å². The largest absolute Gasteiger partial charge is 0.444 e. The van der Waals surface area contributed by atoms with Crippen molar-refractivity contribution in [1.29, 1.82) is 0 Å². The Hall–Kier alpha value is -1.49. The van der Waals surface area contributed by atoms with Gasteiger partial charge in [-0.25, -0.2) is 4.79 Å². The molecule has 1 aliphatic carbocycles. The second kappa shape index (κ2) is 6.98. The van der Waals surface area contributed by atoms with Gasteiger partial charge in [-0.2, -0.15) is 0 Å². The molecule has 0 saturated heterocycles. The standard InChI is InChI=1S/C16H27N3O2/c1-16(2,3)21-15(20)19(14-7-8-14)11-5-9-17-12-13-6-4-10-18-13/h4,6,10,14,17-18H,5,7-9,11-12H2,1-3H3. The molecule has 5 nitrogen and oxygen atoms in total. The van der Waals surface area contributed by atoms with E-state index in [0.717, 1.165) is 38.9 Å². The van der Waals surface area contributed by atoms with E-state index in [1.807, 2.05) is 37.9 Å². The van der Waals surface area contributed by atoms with E-state index in [1.165, 1.54) is 5.69 Å². The maximum absolute atomic E-state index is 12.2. The summed E-state index contributed by atoms with van der Waals surface area (Å²) in [6.45, 7) is 8.22. The van der Waals surface area contributed by atoms with E-state index in [1.54, 1.807) is 0 Å². The van der Waals surface area contributed by atoms with Crippen LogP contribution in [0.2, 0.25) is 0 Å². The summed E-state index contributed by atoms with van der Waals surface area (Å²) in [4.78, 5) is 17.2. The number of ether oxygens (including phenoxy) is 1. The van der Waals surface area contributed by atoms with Crippen LogP contribution in [0.3, 0.4) is 0 Å². The summed E-state index contributed by atoms with van der Waals surface area (Å²) in [6.07, 6.45) is 4.91. The first-order chi connectivity index (χ1) is 9.96. The van der Waals surface area contributed by atoms with Crippen LogP contribution >= 0.6 is 0 Å². The number of hydrogen-bond donors (Lipinski definition) is 2. The minimum absolute atomic E-state index is 0.172. The minimum Gasteiger partial charge on any atom is -0.444 e. The van der Waals surface area contributed by atoms with Crippen molar-refractivity contribution in [1.82, 2.24) is 15.2 Å². The van der Waals surface area contributed by atoms with E-state index in [0.29, 0.717) is 6.04 Å². The predicted octanol–water partition coefficient (Wildman–Crippen LogP) is 2.89. The van der Waals surface area contributed by atoms with Gasteiger partial charge in [-0.3, -0.25) is 0 Å². The Labute approximate surface area is 127 Å². The van der Waals surface area contributed by atoms with Gasteiger partial charge in [0.05, 0.1) is 0 Å². The van der Waals surface area contributed by atoms with Crippen LogP contribution in [0.5, 0.6) is 0 Å². The third-order valence-corrected chi connectivity index (χ3v) is 3.35. The highest BCUT2D eigenvalue weighted by Crippen LogP contribution is 2.28. The Morgan fingerprint density at radius 2 is 2.24 bits per heavy atom. The van der Waals surface area contributed by atoms with E-state index < -0.39 is 5.60 Å². The molecule has 1 saturated carbocycles. The van der Waals surface area contributed by atoms with Crippen LogP contribution in [0, 0.1) is 0 Å². The van der Waals surface area contributed by atoms with Crippen LogP contribution in [0.4, 0.5) is 4.79 Å². The number of carbonyl (C=O) groups is 1. The van der Waals surface area contributed by atoms with E-state index in [9.17, 15) is 4.79 Å². The molecule has 1 amide bonds. The maximum atomic E-state index is 12.2. The van der Waals surface area contributed by atoms with Gasteiger partial charge in [0.15, 0.2) is 0 Å². The van der Waals surface area contributed by atoms with Gasteiger partial charge in [0.1, 0.15) is 5.60 Å². The smallest absolute Gasteiger partial charge is 0.410 e. The highest BCUT2D eigenvalue weighted by Gasteiger charge is 2.34. The number of aromatic amines is 1. The molecular formula is C16H27N3O2. The number of rotatable bonds is 7. The highest BCUT2D eigenvalue weighted by molar-refractivity contribution is 5.69. The zero-order valence-corrected chi connectivity index (χ0v) is 13.3. The fourth-order valence-corrected chi connectivity index (χ4v) is 2.20. The number of H-pyrrole nitrogens is 1. The second-order valence-electron chi connectivity index (χ2n) is 6.63. The number of nitrogens with one attached hydrogen (secondary N) is 2. The van der Waals surface area contributed by atoms with E-state index in [4.69, 9.17) is 4.74 Å². The molecule has 1 aromatic rings. The molecular weight excluding hydrogens is 266 g/mol. The molecule has 0 atom stereocenters. The number of amides is 1. The Morgan fingerprint density at radius 3 is 2.81 bits per heavy atom. The first-order valence-electron chi connectivity index (χ1n) is 7.78. The van der Waals surface area contributed by atoms with Crippen molar-refractivity contribution >= 4 is 6.09 Å². The SMILES string of the molecule is CC(C)(C)OC(=O)N(CCCNCc1ccc[nH]1)C1CC1. The van der Waals surface area contributed by atoms with Gasteiger partial charge in [-0.15, -0.1) is 0 Å². The van der Waals surface area contributed by atoms with Crippen LogP contribution in [-0.4, -0.2) is 40.7 Å². The normalized spacial score (nSPS) is 15.0. The number of aromatic nitrogens is 1. The fourth-order valence-electron chi connectivity index (χ4n) is 2.20. The number of nitrogens with zero attached hydrogens (tertiary/aromatic N) is 1. The molecule has 5 heteroatoms. The average molecular weight is 293 g/mol. The first kappa shape index (κ1) is 15.9. The lowest BCUT2D eigenvalue weighted by atomic mass is 10.2. The summed E-state index contributed by atoms with van der Waals surface area (Å²) in [5.41, 5.74) is 0.761. The Kier molecular flexibility index (Phi) is 5.28. The van der Waals surface area contributed by atoms with Crippen molar-refractivity contribution in [2.75, 3.05) is 13.1 Å². The van der Waals surface area contributed by atoms with Gasteiger partial charge in [-0.05, 0) is 58.7 Å². The monoisotopic (exact) mass is 293 g/mol. The quantitative estimate of drug-likeness (QED) is 0.760. The summed E-state index contributed by atoms with van der Waals surface area (Å²) >= 11 is 0. The summed E-state index contributed by atoms with van der Waals surface area (Å²) in [5, 5.41) is 3.38. The molecule has 2 rings (SSSR count). The maximum Gasteiger partial charge on any atom is 0.410 e. The topological polar surface area (TPSA) is 57.4 Å². The van der Waals surface area contributed by atoms with Crippen LogP contribution in [0.1, 0.15) is 45.7 Å². The average Bonchev–Trinajstić information content (AvgIpc) is 3.07. The molecule has 1 heterocycles. The zero-order chi connectivity index (χ0) is 15.3. The fraction of sp³-hybridized carbons (Fsp3) is 0.688. The molecule has 21 heavy (non-hydrogen) atoms. The lowest BCUT2D eigenvalue weighted by Gasteiger charge is -2.27. The summed E-state index contributed by atoms with van der Waals surface area (Å²) in [6, 6.07) is 4.45. The van der Waals surface area contributed by atoms with Crippen molar-refractivity contribution in [2.24, 2.45) is 0 Å². The van der Waals surface area contributed by atoms with Gasteiger partial charge in [-0.1, -0.05) is 0 Å². The molecule has 0 radical (unpaired) electrons. The van der Waals surface area contributed by atoms with Crippen molar-refractivity contribution < 1.29 is 9.53 Å². The van der Waals surface area contributed by atoms with Gasteiger partial charge >= 0.3 is 6.09 Å². The summed E-state index contributed by atoms with van der Waals surface area (Å²) in [5.74, 6) is 0. The number of hydrogen-bond acceptors (Lipinski definition) is 3. The van der Waals surface area contributed by atoms with Crippen molar-refractivity contribution in [3.8, 4) is 0 Å². The third kappa shape index (κ3) is 5.79. The van der Waals surface area contributed by atoms with E-state index >= 15 is 0 Å². The van der Waals surface area contributed by atoms with Gasteiger partial charge in [0.25, 0.3) is 0 Å².